The van der Waals surface area contributed by atoms with E-state index in [2.05, 4.69) is 0 Å². The molecular formula is C19H22FN3O2. The lowest BCUT2D eigenvalue weighted by Gasteiger charge is -2.30. The average molecular weight is 343 g/mol. The fraction of sp³-hybridized carbons (Fsp3) is 0.368. The molecule has 1 aromatic heterocycles. The molecule has 0 aliphatic heterocycles. The minimum absolute atomic E-state index is 0.00982. The van der Waals surface area contributed by atoms with E-state index in [1.807, 2.05) is 31.5 Å². The minimum atomic E-state index is -0.901. The molecule has 1 aliphatic rings. The number of fused-ring (bicyclic) bond motifs is 1. The highest BCUT2D eigenvalue weighted by Crippen LogP contribution is 2.38. The van der Waals surface area contributed by atoms with Gasteiger partial charge in [-0.2, -0.15) is 0 Å². The molecular weight excluding hydrogens is 321 g/mol. The predicted molar refractivity (Wildman–Crippen MR) is 94.5 cm³/mol. The van der Waals surface area contributed by atoms with Gasteiger partial charge in [0.25, 0.3) is 5.91 Å². The lowest BCUT2D eigenvalue weighted by Crippen LogP contribution is -2.28. The van der Waals surface area contributed by atoms with Gasteiger partial charge in [-0.05, 0) is 36.0 Å². The summed E-state index contributed by atoms with van der Waals surface area (Å²) in [5, 5.41) is 0. The number of nitrogens with zero attached hydrogens (tertiary/aromatic N) is 1. The van der Waals surface area contributed by atoms with Crippen molar-refractivity contribution in [1.29, 1.82) is 0 Å². The lowest BCUT2D eigenvalue weighted by atomic mass is 9.75. The number of hydrogen-bond donors (Lipinski definition) is 2. The second-order valence-corrected chi connectivity index (χ2v) is 7.40. The summed E-state index contributed by atoms with van der Waals surface area (Å²) < 4.78 is 16.2. The van der Waals surface area contributed by atoms with Crippen molar-refractivity contribution in [2.75, 3.05) is 5.73 Å². The number of ketones is 1. The van der Waals surface area contributed by atoms with Crippen molar-refractivity contribution in [3.05, 3.63) is 46.5 Å². The number of anilines is 1. The van der Waals surface area contributed by atoms with Crippen molar-refractivity contribution >= 4 is 17.4 Å². The van der Waals surface area contributed by atoms with Crippen molar-refractivity contribution in [2.24, 2.45) is 11.1 Å². The molecule has 132 valence electrons. The van der Waals surface area contributed by atoms with Crippen molar-refractivity contribution in [2.45, 2.75) is 40.0 Å². The maximum absolute atomic E-state index is 14.3. The summed E-state index contributed by atoms with van der Waals surface area (Å²) in [5.74, 6) is -1.55. The van der Waals surface area contributed by atoms with E-state index < -0.39 is 11.7 Å². The average Bonchev–Trinajstić information content (AvgIpc) is 2.83. The van der Waals surface area contributed by atoms with Crippen molar-refractivity contribution < 1.29 is 14.0 Å². The maximum atomic E-state index is 14.3. The van der Waals surface area contributed by atoms with Gasteiger partial charge in [0, 0.05) is 29.6 Å². The molecule has 1 aliphatic carbocycles. The fourth-order valence-corrected chi connectivity index (χ4v) is 3.67. The van der Waals surface area contributed by atoms with E-state index >= 15 is 0 Å². The number of carbonyl (C=O) groups excluding carboxylic acids is 2. The second-order valence-electron chi connectivity index (χ2n) is 7.40. The summed E-state index contributed by atoms with van der Waals surface area (Å²) in [6, 6.07) is 2.76. The fourth-order valence-electron chi connectivity index (χ4n) is 3.67. The van der Waals surface area contributed by atoms with Crippen LogP contribution in [-0.4, -0.2) is 16.3 Å². The first-order valence-corrected chi connectivity index (χ1v) is 8.30. The molecule has 25 heavy (non-hydrogen) atoms. The zero-order valence-electron chi connectivity index (χ0n) is 14.6. The zero-order chi connectivity index (χ0) is 18.5. The van der Waals surface area contributed by atoms with Gasteiger partial charge in [-0.15, -0.1) is 0 Å². The highest BCUT2D eigenvalue weighted by Gasteiger charge is 2.35. The summed E-state index contributed by atoms with van der Waals surface area (Å²) in [7, 11) is 0. The first kappa shape index (κ1) is 17.2. The van der Waals surface area contributed by atoms with E-state index in [0.717, 1.165) is 16.8 Å². The van der Waals surface area contributed by atoms with Crippen LogP contribution in [0.2, 0.25) is 0 Å². The highest BCUT2D eigenvalue weighted by atomic mass is 19.1. The molecule has 0 unspecified atom stereocenters. The lowest BCUT2D eigenvalue weighted by molar-refractivity contribution is 0.0909. The third-order valence-electron chi connectivity index (χ3n) is 4.76. The van der Waals surface area contributed by atoms with Gasteiger partial charge in [0.05, 0.1) is 11.3 Å². The Kier molecular flexibility index (Phi) is 3.94. The third-order valence-corrected chi connectivity index (χ3v) is 4.76. The molecule has 1 aromatic carbocycles. The molecule has 0 saturated heterocycles. The van der Waals surface area contributed by atoms with E-state index in [0.29, 0.717) is 24.9 Å². The van der Waals surface area contributed by atoms with Gasteiger partial charge in [0.15, 0.2) is 5.78 Å². The summed E-state index contributed by atoms with van der Waals surface area (Å²) in [6.07, 6.45) is 3.77. The molecule has 1 heterocycles. The Labute approximate surface area is 145 Å². The van der Waals surface area contributed by atoms with Crippen LogP contribution >= 0.6 is 0 Å². The van der Waals surface area contributed by atoms with Crippen molar-refractivity contribution in [3.63, 3.8) is 0 Å². The Morgan fingerprint density at radius 1 is 1.32 bits per heavy atom. The van der Waals surface area contributed by atoms with E-state index in [1.165, 1.54) is 12.1 Å². The first-order valence-electron chi connectivity index (χ1n) is 8.30. The smallest absolute Gasteiger partial charge is 0.253 e. The number of hydrogen-bond acceptors (Lipinski definition) is 3. The first-order chi connectivity index (χ1) is 11.6. The number of amides is 1. The van der Waals surface area contributed by atoms with Crippen LogP contribution in [0.25, 0.3) is 5.69 Å². The minimum Gasteiger partial charge on any atom is -0.398 e. The Morgan fingerprint density at radius 3 is 2.56 bits per heavy atom. The van der Waals surface area contributed by atoms with Crippen LogP contribution in [0.5, 0.6) is 0 Å². The van der Waals surface area contributed by atoms with E-state index in [-0.39, 0.29) is 22.4 Å². The Morgan fingerprint density at radius 2 is 2.00 bits per heavy atom. The molecule has 6 heteroatoms. The van der Waals surface area contributed by atoms with Gasteiger partial charge in [0.1, 0.15) is 5.82 Å². The number of halogens is 1. The van der Waals surface area contributed by atoms with Crippen LogP contribution in [0.3, 0.4) is 0 Å². The number of Topliss-reactive ketones (excluding diaryl/α,β-unsaturated/α-hetero) is 1. The molecule has 0 bridgehead atoms. The van der Waals surface area contributed by atoms with Crippen molar-refractivity contribution in [1.82, 2.24) is 4.57 Å². The van der Waals surface area contributed by atoms with Crippen LogP contribution < -0.4 is 11.5 Å². The summed E-state index contributed by atoms with van der Waals surface area (Å²) in [5.41, 5.74) is 13.6. The molecule has 2 aromatic rings. The van der Waals surface area contributed by atoms with Crippen molar-refractivity contribution in [3.8, 4) is 5.69 Å². The summed E-state index contributed by atoms with van der Waals surface area (Å²) >= 11 is 0. The molecule has 0 saturated carbocycles. The zero-order valence-corrected chi connectivity index (χ0v) is 14.6. The number of rotatable bonds is 3. The van der Waals surface area contributed by atoms with Crippen LogP contribution in [-0.2, 0) is 12.8 Å². The van der Waals surface area contributed by atoms with E-state index in [4.69, 9.17) is 11.5 Å². The van der Waals surface area contributed by atoms with Gasteiger partial charge in [-0.25, -0.2) is 4.39 Å². The topological polar surface area (TPSA) is 91.1 Å². The molecule has 1 amide bonds. The molecule has 4 N–H and O–H groups in total. The number of aryl methyl sites for hydroxylation is 1. The van der Waals surface area contributed by atoms with Gasteiger partial charge in [-0.1, -0.05) is 20.8 Å². The maximum Gasteiger partial charge on any atom is 0.253 e. The molecule has 3 rings (SSSR count). The summed E-state index contributed by atoms with van der Waals surface area (Å²) in [6.45, 7) is 6.07. The number of benzene rings is 1. The quantitative estimate of drug-likeness (QED) is 0.839. The monoisotopic (exact) mass is 343 g/mol. The highest BCUT2D eigenvalue weighted by molar-refractivity contribution is 6.01. The predicted octanol–water partition coefficient (Wildman–Crippen LogP) is 3.02. The van der Waals surface area contributed by atoms with Gasteiger partial charge < -0.3 is 16.0 Å². The Bertz CT molecular complexity index is 873. The van der Waals surface area contributed by atoms with Gasteiger partial charge in [-0.3, -0.25) is 9.59 Å². The number of nitrogens with two attached hydrogens (primary N) is 2. The van der Waals surface area contributed by atoms with Gasteiger partial charge in [0.2, 0.25) is 0 Å². The SMILES string of the molecule is CCc1cn(-c2cc(N)c(C(N)=O)c(F)c2)c2c1C(=O)CC(C)(C)C2. The Balaban J connectivity index is 2.23. The third kappa shape index (κ3) is 2.81. The molecule has 0 spiro atoms. The number of primary amides is 1. The van der Waals surface area contributed by atoms with E-state index in [1.54, 1.807) is 0 Å². The number of aromatic nitrogens is 1. The standard InChI is InChI=1S/C19H22FN3O2/c1-4-10-9-23(14-7-19(2,3)8-15(24)16(10)14)11-5-12(20)17(18(22)25)13(21)6-11/h5-6,9H,4,7-8,21H2,1-3H3,(H2,22,25). The molecule has 0 fully saturated rings. The number of carbonyl (C=O) groups is 2. The Hall–Kier alpha value is -2.63. The van der Waals surface area contributed by atoms with Crippen LogP contribution in [0.1, 0.15) is 59.2 Å². The normalized spacial score (nSPS) is 15.9. The van der Waals surface area contributed by atoms with Gasteiger partial charge >= 0.3 is 0 Å². The number of nitrogen functional groups attached to an aromatic ring is 1. The summed E-state index contributed by atoms with van der Waals surface area (Å²) in [4.78, 5) is 24.0. The van der Waals surface area contributed by atoms with Crippen LogP contribution in [0.15, 0.2) is 18.3 Å². The van der Waals surface area contributed by atoms with Crippen LogP contribution in [0.4, 0.5) is 10.1 Å². The second kappa shape index (κ2) is 5.72. The molecule has 0 radical (unpaired) electrons. The van der Waals surface area contributed by atoms with E-state index in [9.17, 15) is 14.0 Å². The molecule has 0 atom stereocenters. The van der Waals surface area contributed by atoms with Crippen LogP contribution in [0, 0.1) is 11.2 Å². The molecule has 5 nitrogen and oxygen atoms in total. The largest absolute Gasteiger partial charge is 0.398 e.